The summed E-state index contributed by atoms with van der Waals surface area (Å²) in [5, 5.41) is 0. The summed E-state index contributed by atoms with van der Waals surface area (Å²) in [6.45, 7) is 3.88. The topological polar surface area (TPSA) is 60.6 Å². The Balaban J connectivity index is 1.78. The second-order valence-corrected chi connectivity index (χ2v) is 4.59. The standard InChI is InChI=1S/C13H21N3O2/c1-16-6-7-17-13(9-16)10-18-12-3-2-11(4-5-14)15-8-12/h2-3,8,13H,4-7,9-10,14H2,1H3. The van der Waals surface area contributed by atoms with Gasteiger partial charge in [-0.05, 0) is 25.7 Å². The molecule has 18 heavy (non-hydrogen) atoms. The third-order valence-electron chi connectivity index (χ3n) is 2.98. The summed E-state index contributed by atoms with van der Waals surface area (Å²) < 4.78 is 11.3. The minimum Gasteiger partial charge on any atom is -0.489 e. The van der Waals surface area contributed by atoms with Crippen LogP contribution >= 0.6 is 0 Å². The molecule has 2 rings (SSSR count). The van der Waals surface area contributed by atoms with Crippen molar-refractivity contribution in [2.45, 2.75) is 12.5 Å². The van der Waals surface area contributed by atoms with Gasteiger partial charge in [0.05, 0.1) is 12.8 Å². The summed E-state index contributed by atoms with van der Waals surface area (Å²) in [4.78, 5) is 6.54. The Bertz CT molecular complexity index is 356. The maximum Gasteiger partial charge on any atom is 0.137 e. The van der Waals surface area contributed by atoms with E-state index < -0.39 is 0 Å². The zero-order valence-corrected chi connectivity index (χ0v) is 10.8. The molecule has 1 fully saturated rings. The van der Waals surface area contributed by atoms with Crippen LogP contribution in [0, 0.1) is 0 Å². The maximum absolute atomic E-state index is 5.68. The van der Waals surface area contributed by atoms with Crippen LogP contribution in [-0.4, -0.2) is 55.9 Å². The molecule has 1 saturated heterocycles. The first-order valence-electron chi connectivity index (χ1n) is 6.36. The highest BCUT2D eigenvalue weighted by Crippen LogP contribution is 2.11. The predicted molar refractivity (Wildman–Crippen MR) is 69.7 cm³/mol. The van der Waals surface area contributed by atoms with Crippen LogP contribution in [0.15, 0.2) is 18.3 Å². The number of ether oxygens (including phenoxy) is 2. The van der Waals surface area contributed by atoms with Gasteiger partial charge in [-0.1, -0.05) is 0 Å². The van der Waals surface area contributed by atoms with Gasteiger partial charge in [0, 0.05) is 25.2 Å². The molecular formula is C13H21N3O2. The van der Waals surface area contributed by atoms with Crippen molar-refractivity contribution < 1.29 is 9.47 Å². The van der Waals surface area contributed by atoms with E-state index in [1.165, 1.54) is 0 Å². The molecule has 1 aliphatic heterocycles. The van der Waals surface area contributed by atoms with Gasteiger partial charge in [0.1, 0.15) is 18.5 Å². The minimum atomic E-state index is 0.146. The first-order chi connectivity index (χ1) is 8.78. The van der Waals surface area contributed by atoms with Gasteiger partial charge in [0.25, 0.3) is 0 Å². The van der Waals surface area contributed by atoms with Crippen LogP contribution in [0.4, 0.5) is 0 Å². The van der Waals surface area contributed by atoms with Gasteiger partial charge in [-0.15, -0.1) is 0 Å². The van der Waals surface area contributed by atoms with Crippen LogP contribution in [0.3, 0.4) is 0 Å². The Morgan fingerprint density at radius 1 is 1.56 bits per heavy atom. The minimum absolute atomic E-state index is 0.146. The van der Waals surface area contributed by atoms with E-state index in [1.807, 2.05) is 12.1 Å². The van der Waals surface area contributed by atoms with Crippen LogP contribution < -0.4 is 10.5 Å². The molecule has 1 aromatic rings. The molecule has 0 spiro atoms. The van der Waals surface area contributed by atoms with Crippen LogP contribution in [0.1, 0.15) is 5.69 Å². The quantitative estimate of drug-likeness (QED) is 0.815. The zero-order valence-electron chi connectivity index (χ0n) is 10.8. The molecule has 100 valence electrons. The molecule has 5 nitrogen and oxygen atoms in total. The molecule has 0 aromatic carbocycles. The molecule has 2 heterocycles. The summed E-state index contributed by atoms with van der Waals surface area (Å²) in [5.74, 6) is 0.785. The van der Waals surface area contributed by atoms with E-state index in [-0.39, 0.29) is 6.10 Å². The lowest BCUT2D eigenvalue weighted by Gasteiger charge is -2.29. The van der Waals surface area contributed by atoms with E-state index in [0.717, 1.165) is 37.6 Å². The molecule has 0 radical (unpaired) electrons. The smallest absolute Gasteiger partial charge is 0.137 e. The number of rotatable bonds is 5. The second-order valence-electron chi connectivity index (χ2n) is 4.59. The summed E-state index contributed by atoms with van der Waals surface area (Å²) in [6.07, 6.45) is 2.70. The molecule has 5 heteroatoms. The van der Waals surface area contributed by atoms with Crippen LogP contribution in [-0.2, 0) is 11.2 Å². The lowest BCUT2D eigenvalue weighted by molar-refractivity contribution is -0.0404. The first-order valence-corrected chi connectivity index (χ1v) is 6.36. The molecule has 2 N–H and O–H groups in total. The molecule has 0 aliphatic carbocycles. The molecule has 1 aliphatic rings. The van der Waals surface area contributed by atoms with Gasteiger partial charge in [-0.3, -0.25) is 4.98 Å². The van der Waals surface area contributed by atoms with Gasteiger partial charge in [-0.25, -0.2) is 0 Å². The van der Waals surface area contributed by atoms with Crippen molar-refractivity contribution in [3.8, 4) is 5.75 Å². The van der Waals surface area contributed by atoms with Crippen molar-refractivity contribution in [3.05, 3.63) is 24.0 Å². The van der Waals surface area contributed by atoms with E-state index >= 15 is 0 Å². The van der Waals surface area contributed by atoms with E-state index in [9.17, 15) is 0 Å². The Hall–Kier alpha value is -1.17. The van der Waals surface area contributed by atoms with Crippen molar-refractivity contribution in [1.82, 2.24) is 9.88 Å². The van der Waals surface area contributed by atoms with E-state index in [1.54, 1.807) is 6.20 Å². The van der Waals surface area contributed by atoms with Crippen molar-refractivity contribution in [1.29, 1.82) is 0 Å². The number of hydrogen-bond acceptors (Lipinski definition) is 5. The molecule has 0 bridgehead atoms. The number of morpholine rings is 1. The summed E-state index contributed by atoms with van der Waals surface area (Å²) in [6, 6.07) is 3.89. The van der Waals surface area contributed by atoms with Crippen molar-refractivity contribution >= 4 is 0 Å². The van der Waals surface area contributed by atoms with Crippen LogP contribution in [0.25, 0.3) is 0 Å². The van der Waals surface area contributed by atoms with Crippen molar-refractivity contribution in [2.75, 3.05) is 39.9 Å². The number of nitrogens with zero attached hydrogens (tertiary/aromatic N) is 2. The Labute approximate surface area is 108 Å². The number of likely N-dealkylation sites (N-methyl/N-ethyl adjacent to an activating group) is 1. The highest BCUT2D eigenvalue weighted by molar-refractivity contribution is 5.20. The molecule has 0 saturated carbocycles. The monoisotopic (exact) mass is 251 g/mol. The highest BCUT2D eigenvalue weighted by atomic mass is 16.5. The maximum atomic E-state index is 5.68. The normalized spacial score (nSPS) is 20.9. The van der Waals surface area contributed by atoms with Gasteiger partial charge < -0.3 is 20.1 Å². The lowest BCUT2D eigenvalue weighted by Crippen LogP contribution is -2.42. The second kappa shape index (κ2) is 6.68. The zero-order chi connectivity index (χ0) is 12.8. The predicted octanol–water partition coefficient (Wildman–Crippen LogP) is 0.292. The Morgan fingerprint density at radius 3 is 3.11 bits per heavy atom. The number of hydrogen-bond donors (Lipinski definition) is 1. The molecule has 1 unspecified atom stereocenters. The fraction of sp³-hybridized carbons (Fsp3) is 0.615. The van der Waals surface area contributed by atoms with Crippen LogP contribution in [0.5, 0.6) is 5.75 Å². The Kier molecular flexibility index (Phi) is 4.92. The highest BCUT2D eigenvalue weighted by Gasteiger charge is 2.18. The first kappa shape index (κ1) is 13.3. The fourth-order valence-corrected chi connectivity index (χ4v) is 1.95. The number of aromatic nitrogens is 1. The average Bonchev–Trinajstić information content (AvgIpc) is 2.38. The summed E-state index contributed by atoms with van der Waals surface area (Å²) in [7, 11) is 2.10. The molecule has 0 amide bonds. The fourth-order valence-electron chi connectivity index (χ4n) is 1.95. The third kappa shape index (κ3) is 3.94. The van der Waals surface area contributed by atoms with Crippen molar-refractivity contribution in [2.24, 2.45) is 5.73 Å². The van der Waals surface area contributed by atoms with E-state index in [2.05, 4.69) is 16.9 Å². The number of pyridine rings is 1. The van der Waals surface area contributed by atoms with Gasteiger partial charge >= 0.3 is 0 Å². The van der Waals surface area contributed by atoms with Crippen molar-refractivity contribution in [3.63, 3.8) is 0 Å². The Morgan fingerprint density at radius 2 is 2.44 bits per heavy atom. The van der Waals surface area contributed by atoms with E-state index in [4.69, 9.17) is 15.2 Å². The van der Waals surface area contributed by atoms with Gasteiger partial charge in [0.15, 0.2) is 0 Å². The van der Waals surface area contributed by atoms with Gasteiger partial charge in [0.2, 0.25) is 0 Å². The summed E-state index contributed by atoms with van der Waals surface area (Å²) >= 11 is 0. The lowest BCUT2D eigenvalue weighted by atomic mass is 10.2. The number of nitrogens with two attached hydrogens (primary N) is 1. The largest absolute Gasteiger partial charge is 0.489 e. The summed E-state index contributed by atoms with van der Waals surface area (Å²) in [5.41, 5.74) is 6.47. The molecular weight excluding hydrogens is 230 g/mol. The SMILES string of the molecule is CN1CCOC(COc2ccc(CCN)nc2)C1. The molecule has 1 aromatic heterocycles. The van der Waals surface area contributed by atoms with Crippen LogP contribution in [0.2, 0.25) is 0 Å². The molecule has 1 atom stereocenters. The average molecular weight is 251 g/mol. The third-order valence-corrected chi connectivity index (χ3v) is 2.98. The van der Waals surface area contributed by atoms with Gasteiger partial charge in [-0.2, -0.15) is 0 Å². The van der Waals surface area contributed by atoms with E-state index in [0.29, 0.717) is 13.2 Å².